The van der Waals surface area contributed by atoms with Gasteiger partial charge < -0.3 is 14.2 Å². The van der Waals surface area contributed by atoms with Gasteiger partial charge in [0.05, 0.1) is 11.8 Å². The molecule has 1 fully saturated rings. The van der Waals surface area contributed by atoms with Gasteiger partial charge in [-0.2, -0.15) is 9.78 Å². The third-order valence-corrected chi connectivity index (χ3v) is 3.14. The van der Waals surface area contributed by atoms with Crippen LogP contribution in [0.5, 0.6) is 5.88 Å². The van der Waals surface area contributed by atoms with E-state index in [2.05, 4.69) is 10.1 Å². The lowest BCUT2D eigenvalue weighted by Crippen LogP contribution is -2.06. The maximum absolute atomic E-state index is 5.78. The molecule has 20 heavy (non-hydrogen) atoms. The molecule has 6 nitrogen and oxygen atoms in total. The van der Waals surface area contributed by atoms with Crippen molar-refractivity contribution in [2.24, 2.45) is 0 Å². The largest absolute Gasteiger partial charge is 0.474 e. The zero-order valence-corrected chi connectivity index (χ0v) is 10.7. The second-order valence-electron chi connectivity index (χ2n) is 4.72. The lowest BCUT2D eigenvalue weighted by molar-refractivity contribution is -0.0248. The summed E-state index contributed by atoms with van der Waals surface area (Å²) in [6.07, 6.45) is 8.62. The second kappa shape index (κ2) is 4.56. The zero-order chi connectivity index (χ0) is 13.4. The maximum Gasteiger partial charge on any atom is 0.267 e. The van der Waals surface area contributed by atoms with Gasteiger partial charge in [-0.15, -0.1) is 0 Å². The van der Waals surface area contributed by atoms with Gasteiger partial charge in [-0.25, -0.2) is 4.98 Å². The molecule has 2 aliphatic rings. The molecule has 0 radical (unpaired) electrons. The number of rotatable bonds is 4. The van der Waals surface area contributed by atoms with Gasteiger partial charge >= 0.3 is 0 Å². The van der Waals surface area contributed by atoms with E-state index in [1.165, 1.54) is 12.5 Å². The van der Waals surface area contributed by atoms with E-state index in [1.54, 1.807) is 17.1 Å². The third-order valence-electron chi connectivity index (χ3n) is 3.14. The molecule has 6 heteroatoms. The number of hydrogen-bond donors (Lipinski definition) is 0. The molecule has 1 aliphatic carbocycles. The third kappa shape index (κ3) is 2.09. The van der Waals surface area contributed by atoms with Crippen molar-refractivity contribution in [2.75, 3.05) is 0 Å². The predicted octanol–water partition coefficient (Wildman–Crippen LogP) is 2.33. The monoisotopic (exact) mass is 271 g/mol. The first-order valence-corrected chi connectivity index (χ1v) is 6.53. The van der Waals surface area contributed by atoms with Crippen LogP contribution < -0.4 is 4.74 Å². The number of nitrogens with zero attached hydrogens (tertiary/aromatic N) is 3. The summed E-state index contributed by atoms with van der Waals surface area (Å²) in [6.45, 7) is 0. The Balaban J connectivity index is 1.57. The Morgan fingerprint density at radius 2 is 2.00 bits per heavy atom. The molecule has 1 aliphatic heterocycles. The SMILES string of the molecule is C1=COC(c2ccc(-n3nccc3OC3CC3)nc2)O1. The van der Waals surface area contributed by atoms with Crippen molar-refractivity contribution in [2.45, 2.75) is 25.2 Å². The molecule has 0 unspecified atom stereocenters. The van der Waals surface area contributed by atoms with E-state index < -0.39 is 6.29 Å². The van der Waals surface area contributed by atoms with Crippen LogP contribution in [0, 0.1) is 0 Å². The first kappa shape index (κ1) is 11.3. The van der Waals surface area contributed by atoms with Gasteiger partial charge in [0.2, 0.25) is 5.88 Å². The van der Waals surface area contributed by atoms with Crippen molar-refractivity contribution in [3.63, 3.8) is 0 Å². The lowest BCUT2D eigenvalue weighted by atomic mass is 10.3. The summed E-state index contributed by atoms with van der Waals surface area (Å²) in [5.74, 6) is 1.43. The lowest BCUT2D eigenvalue weighted by Gasteiger charge is -2.11. The minimum atomic E-state index is -0.406. The quantitative estimate of drug-likeness (QED) is 0.854. The minimum absolute atomic E-state index is 0.330. The summed E-state index contributed by atoms with van der Waals surface area (Å²) in [5.41, 5.74) is 0.857. The number of pyridine rings is 1. The Morgan fingerprint density at radius 3 is 2.70 bits per heavy atom. The van der Waals surface area contributed by atoms with Gasteiger partial charge in [0.15, 0.2) is 5.82 Å². The van der Waals surface area contributed by atoms with Crippen molar-refractivity contribution in [1.29, 1.82) is 0 Å². The molecule has 0 amide bonds. The molecular weight excluding hydrogens is 258 g/mol. The van der Waals surface area contributed by atoms with E-state index in [4.69, 9.17) is 14.2 Å². The molecule has 0 atom stereocenters. The summed E-state index contributed by atoms with van der Waals surface area (Å²) in [7, 11) is 0. The topological polar surface area (TPSA) is 58.4 Å². The molecule has 0 saturated heterocycles. The molecule has 0 aromatic carbocycles. The highest BCUT2D eigenvalue weighted by Crippen LogP contribution is 2.28. The van der Waals surface area contributed by atoms with Crippen molar-refractivity contribution < 1.29 is 14.2 Å². The van der Waals surface area contributed by atoms with Crippen LogP contribution in [0.3, 0.4) is 0 Å². The Hall–Kier alpha value is -2.50. The fourth-order valence-electron chi connectivity index (χ4n) is 1.97. The first-order chi connectivity index (χ1) is 9.90. The van der Waals surface area contributed by atoms with Crippen molar-refractivity contribution in [3.8, 4) is 11.7 Å². The molecule has 2 aromatic heterocycles. The van der Waals surface area contributed by atoms with Crippen molar-refractivity contribution >= 4 is 0 Å². The molecule has 0 spiro atoms. The van der Waals surface area contributed by atoms with E-state index >= 15 is 0 Å². The van der Waals surface area contributed by atoms with Crippen LogP contribution in [-0.4, -0.2) is 20.9 Å². The smallest absolute Gasteiger partial charge is 0.267 e. The van der Waals surface area contributed by atoms with Gasteiger partial charge in [-0.05, 0) is 25.0 Å². The fraction of sp³-hybridized carbons (Fsp3) is 0.286. The number of hydrogen-bond acceptors (Lipinski definition) is 5. The molecule has 102 valence electrons. The van der Waals surface area contributed by atoms with Crippen LogP contribution in [-0.2, 0) is 9.47 Å². The zero-order valence-electron chi connectivity index (χ0n) is 10.7. The molecule has 0 bridgehead atoms. The van der Waals surface area contributed by atoms with Gasteiger partial charge in [-0.1, -0.05) is 0 Å². The first-order valence-electron chi connectivity index (χ1n) is 6.53. The van der Waals surface area contributed by atoms with Crippen LogP contribution in [0.1, 0.15) is 24.7 Å². The van der Waals surface area contributed by atoms with Crippen LogP contribution in [0.15, 0.2) is 43.1 Å². The van der Waals surface area contributed by atoms with E-state index in [1.807, 2.05) is 18.2 Å². The van der Waals surface area contributed by atoms with Crippen molar-refractivity contribution in [3.05, 3.63) is 48.7 Å². The summed E-state index contributed by atoms with van der Waals surface area (Å²) in [4.78, 5) is 4.39. The predicted molar refractivity (Wildman–Crippen MR) is 69.1 cm³/mol. The summed E-state index contributed by atoms with van der Waals surface area (Å²) >= 11 is 0. The molecule has 0 N–H and O–H groups in total. The molecule has 4 rings (SSSR count). The molecule has 2 aromatic rings. The van der Waals surface area contributed by atoms with Gasteiger partial charge in [0, 0.05) is 12.3 Å². The van der Waals surface area contributed by atoms with Crippen LogP contribution in [0.25, 0.3) is 5.82 Å². The normalized spacial score (nSPS) is 17.8. The average molecular weight is 271 g/mol. The van der Waals surface area contributed by atoms with Gasteiger partial charge in [0.25, 0.3) is 6.29 Å². The Bertz CT molecular complexity index is 623. The second-order valence-corrected chi connectivity index (χ2v) is 4.72. The Kier molecular flexibility index (Phi) is 2.58. The van der Waals surface area contributed by atoms with E-state index in [0.717, 1.165) is 24.3 Å². The summed E-state index contributed by atoms with van der Waals surface area (Å²) in [6, 6.07) is 5.62. The highest BCUT2D eigenvalue weighted by Gasteiger charge is 2.25. The van der Waals surface area contributed by atoms with E-state index in [9.17, 15) is 0 Å². The standard InChI is InChI=1S/C14H13N3O3/c1-4-12(15-9-10(1)14-18-7-8-19-14)17-13(5-6-16-17)20-11-2-3-11/h1,4-9,11,14H,2-3H2. The fourth-order valence-corrected chi connectivity index (χ4v) is 1.97. The van der Waals surface area contributed by atoms with Crippen molar-refractivity contribution in [1.82, 2.24) is 14.8 Å². The Morgan fingerprint density at radius 1 is 1.15 bits per heavy atom. The van der Waals surface area contributed by atoms with Crippen LogP contribution >= 0.6 is 0 Å². The minimum Gasteiger partial charge on any atom is -0.474 e. The highest BCUT2D eigenvalue weighted by molar-refractivity contribution is 5.30. The maximum atomic E-state index is 5.78. The molecule has 1 saturated carbocycles. The van der Waals surface area contributed by atoms with Crippen LogP contribution in [0.4, 0.5) is 0 Å². The number of aromatic nitrogens is 3. The summed E-state index contributed by atoms with van der Waals surface area (Å²) in [5, 5.41) is 4.25. The molecular formula is C14H13N3O3. The van der Waals surface area contributed by atoms with Gasteiger partial charge in [-0.3, -0.25) is 0 Å². The van der Waals surface area contributed by atoms with Crippen LogP contribution in [0.2, 0.25) is 0 Å². The van der Waals surface area contributed by atoms with Gasteiger partial charge in [0.1, 0.15) is 18.6 Å². The molecule has 3 heterocycles. The van der Waals surface area contributed by atoms with E-state index in [-0.39, 0.29) is 0 Å². The number of ether oxygens (including phenoxy) is 3. The Labute approximate surface area is 115 Å². The summed E-state index contributed by atoms with van der Waals surface area (Å²) < 4.78 is 18.0. The highest BCUT2D eigenvalue weighted by atomic mass is 16.7. The van der Waals surface area contributed by atoms with E-state index in [0.29, 0.717) is 11.9 Å². The average Bonchev–Trinajstić information content (AvgIpc) is 2.95.